The monoisotopic (exact) mass is 336 g/mol. The summed E-state index contributed by atoms with van der Waals surface area (Å²) in [5.41, 5.74) is 4.54. The second kappa shape index (κ2) is 6.59. The van der Waals surface area contributed by atoms with Crippen LogP contribution in [0.1, 0.15) is 44.1 Å². The van der Waals surface area contributed by atoms with Crippen molar-refractivity contribution in [3.8, 4) is 0 Å². The van der Waals surface area contributed by atoms with Crippen LogP contribution in [0.3, 0.4) is 0 Å². The van der Waals surface area contributed by atoms with Crippen LogP contribution in [-0.4, -0.2) is 6.04 Å². The molecule has 1 atom stereocenters. The highest BCUT2D eigenvalue weighted by molar-refractivity contribution is 9.10. The molecule has 2 aliphatic rings. The summed E-state index contributed by atoms with van der Waals surface area (Å²) in [6.07, 6.45) is 9.56. The highest BCUT2D eigenvalue weighted by Crippen LogP contribution is 2.46. The standard InChI is InChI=1S/C17H25BrN2/c18-15-9-7-12(8-10-15)11-16(20-19)17(13-3-1-4-13)14-5-2-6-14/h7-10,13-14,16-17,20H,1-6,11,19H2. The van der Waals surface area contributed by atoms with Crippen molar-refractivity contribution in [2.45, 2.75) is 51.0 Å². The fourth-order valence-corrected chi connectivity index (χ4v) is 4.14. The highest BCUT2D eigenvalue weighted by atomic mass is 79.9. The summed E-state index contributed by atoms with van der Waals surface area (Å²) in [6, 6.07) is 9.13. The van der Waals surface area contributed by atoms with E-state index in [-0.39, 0.29) is 0 Å². The number of rotatable bonds is 6. The van der Waals surface area contributed by atoms with E-state index in [4.69, 9.17) is 5.84 Å². The van der Waals surface area contributed by atoms with Crippen molar-refractivity contribution in [2.75, 3.05) is 0 Å². The van der Waals surface area contributed by atoms with Gasteiger partial charge >= 0.3 is 0 Å². The van der Waals surface area contributed by atoms with Gasteiger partial charge in [0.25, 0.3) is 0 Å². The molecule has 1 aromatic rings. The van der Waals surface area contributed by atoms with Gasteiger partial charge in [-0.25, -0.2) is 0 Å². The third kappa shape index (κ3) is 3.10. The summed E-state index contributed by atoms with van der Waals surface area (Å²) in [4.78, 5) is 0. The van der Waals surface area contributed by atoms with Crippen LogP contribution in [-0.2, 0) is 6.42 Å². The van der Waals surface area contributed by atoms with Gasteiger partial charge in [0.1, 0.15) is 0 Å². The van der Waals surface area contributed by atoms with Crippen LogP contribution in [0.2, 0.25) is 0 Å². The fourth-order valence-electron chi connectivity index (χ4n) is 3.87. The minimum Gasteiger partial charge on any atom is -0.271 e. The Balaban J connectivity index is 1.70. The van der Waals surface area contributed by atoms with Gasteiger partial charge in [-0.2, -0.15) is 0 Å². The van der Waals surface area contributed by atoms with Crippen molar-refractivity contribution in [3.05, 3.63) is 34.3 Å². The summed E-state index contributed by atoms with van der Waals surface area (Å²) < 4.78 is 1.15. The van der Waals surface area contributed by atoms with Gasteiger partial charge in [0, 0.05) is 10.5 Å². The maximum absolute atomic E-state index is 5.93. The van der Waals surface area contributed by atoms with Gasteiger partial charge in [0.05, 0.1) is 0 Å². The summed E-state index contributed by atoms with van der Waals surface area (Å²) in [7, 11) is 0. The number of nitrogens with one attached hydrogen (secondary N) is 1. The van der Waals surface area contributed by atoms with Crippen LogP contribution in [0, 0.1) is 17.8 Å². The summed E-state index contributed by atoms with van der Waals surface area (Å²) >= 11 is 3.50. The van der Waals surface area contributed by atoms with E-state index in [1.165, 1.54) is 44.1 Å². The van der Waals surface area contributed by atoms with E-state index in [2.05, 4.69) is 45.6 Å². The minimum atomic E-state index is 0.437. The first kappa shape index (κ1) is 14.6. The maximum atomic E-state index is 5.93. The molecule has 3 heteroatoms. The second-order valence-electron chi connectivity index (χ2n) is 6.56. The van der Waals surface area contributed by atoms with Crippen molar-refractivity contribution in [1.82, 2.24) is 5.43 Å². The third-order valence-electron chi connectivity index (χ3n) is 5.44. The SMILES string of the molecule is NNC(Cc1ccc(Br)cc1)C(C1CCC1)C1CCC1. The van der Waals surface area contributed by atoms with Crippen molar-refractivity contribution in [3.63, 3.8) is 0 Å². The molecule has 0 amide bonds. The summed E-state index contributed by atoms with van der Waals surface area (Å²) in [5, 5.41) is 0. The molecule has 2 aliphatic carbocycles. The molecule has 0 bridgehead atoms. The number of hydrogen-bond acceptors (Lipinski definition) is 2. The first-order valence-corrected chi connectivity index (χ1v) is 8.78. The van der Waals surface area contributed by atoms with E-state index < -0.39 is 0 Å². The van der Waals surface area contributed by atoms with E-state index in [0.717, 1.165) is 28.6 Å². The van der Waals surface area contributed by atoms with Gasteiger partial charge in [0.2, 0.25) is 0 Å². The molecule has 0 heterocycles. The van der Waals surface area contributed by atoms with Crippen LogP contribution in [0.15, 0.2) is 28.7 Å². The molecule has 0 spiro atoms. The molecule has 3 N–H and O–H groups in total. The molecule has 2 fully saturated rings. The first-order valence-electron chi connectivity index (χ1n) is 7.98. The molecule has 0 aromatic heterocycles. The lowest BCUT2D eigenvalue weighted by atomic mass is 9.61. The molecule has 1 aromatic carbocycles. The molecular weight excluding hydrogens is 312 g/mol. The lowest BCUT2D eigenvalue weighted by Gasteiger charge is -2.46. The normalized spacial score (nSPS) is 21.6. The molecule has 2 saturated carbocycles. The van der Waals surface area contributed by atoms with Gasteiger partial charge in [0.15, 0.2) is 0 Å². The van der Waals surface area contributed by atoms with Gasteiger partial charge in [-0.05, 0) is 41.9 Å². The van der Waals surface area contributed by atoms with Crippen molar-refractivity contribution in [2.24, 2.45) is 23.6 Å². The predicted octanol–water partition coefficient (Wildman–Crippen LogP) is 4.04. The van der Waals surface area contributed by atoms with E-state index in [9.17, 15) is 0 Å². The quantitative estimate of drug-likeness (QED) is 0.607. The Morgan fingerprint density at radius 1 is 1.05 bits per heavy atom. The Hall–Kier alpha value is -0.380. The summed E-state index contributed by atoms with van der Waals surface area (Å²) in [5.74, 6) is 8.54. The van der Waals surface area contributed by atoms with Gasteiger partial charge in [-0.3, -0.25) is 11.3 Å². The smallest absolute Gasteiger partial charge is 0.0284 e. The van der Waals surface area contributed by atoms with Crippen LogP contribution in [0.4, 0.5) is 0 Å². The molecule has 0 aliphatic heterocycles. The minimum absolute atomic E-state index is 0.437. The van der Waals surface area contributed by atoms with Crippen molar-refractivity contribution < 1.29 is 0 Å². The molecule has 0 saturated heterocycles. The average Bonchev–Trinajstić information content (AvgIpc) is 2.33. The Bertz CT molecular complexity index is 409. The lowest BCUT2D eigenvalue weighted by Crippen LogP contribution is -2.50. The molecule has 20 heavy (non-hydrogen) atoms. The zero-order valence-corrected chi connectivity index (χ0v) is 13.6. The highest BCUT2D eigenvalue weighted by Gasteiger charge is 2.40. The molecule has 110 valence electrons. The number of hydrazine groups is 1. The molecule has 3 rings (SSSR count). The van der Waals surface area contributed by atoms with Crippen molar-refractivity contribution in [1.29, 1.82) is 0 Å². The number of halogens is 1. The zero-order valence-electron chi connectivity index (χ0n) is 12.0. The molecule has 2 nitrogen and oxygen atoms in total. The lowest BCUT2D eigenvalue weighted by molar-refractivity contribution is 0.0599. The fraction of sp³-hybridized carbons (Fsp3) is 0.647. The van der Waals surface area contributed by atoms with E-state index in [1.54, 1.807) is 0 Å². The number of nitrogens with two attached hydrogens (primary N) is 1. The molecule has 0 radical (unpaired) electrons. The first-order chi connectivity index (χ1) is 9.78. The van der Waals surface area contributed by atoms with Gasteiger partial charge in [-0.1, -0.05) is 66.6 Å². The average molecular weight is 337 g/mol. The van der Waals surface area contributed by atoms with E-state index in [1.807, 2.05) is 0 Å². The van der Waals surface area contributed by atoms with E-state index in [0.29, 0.717) is 6.04 Å². The molecule has 1 unspecified atom stereocenters. The molecular formula is C17H25BrN2. The third-order valence-corrected chi connectivity index (χ3v) is 5.96. The van der Waals surface area contributed by atoms with E-state index >= 15 is 0 Å². The van der Waals surface area contributed by atoms with Crippen LogP contribution in [0.5, 0.6) is 0 Å². The second-order valence-corrected chi connectivity index (χ2v) is 7.48. The van der Waals surface area contributed by atoms with Gasteiger partial charge < -0.3 is 0 Å². The Morgan fingerprint density at radius 3 is 2.00 bits per heavy atom. The summed E-state index contributed by atoms with van der Waals surface area (Å²) in [6.45, 7) is 0. The predicted molar refractivity (Wildman–Crippen MR) is 87.1 cm³/mol. The van der Waals surface area contributed by atoms with Gasteiger partial charge in [-0.15, -0.1) is 0 Å². The van der Waals surface area contributed by atoms with Crippen LogP contribution >= 0.6 is 15.9 Å². The van der Waals surface area contributed by atoms with Crippen molar-refractivity contribution >= 4 is 15.9 Å². The maximum Gasteiger partial charge on any atom is 0.0284 e. The Morgan fingerprint density at radius 2 is 1.60 bits per heavy atom. The van der Waals surface area contributed by atoms with Crippen LogP contribution < -0.4 is 11.3 Å². The Labute approximate surface area is 130 Å². The zero-order chi connectivity index (χ0) is 13.9. The number of benzene rings is 1. The largest absolute Gasteiger partial charge is 0.271 e. The number of hydrogen-bond donors (Lipinski definition) is 2. The van der Waals surface area contributed by atoms with Crippen LogP contribution in [0.25, 0.3) is 0 Å². The Kier molecular flexibility index (Phi) is 4.79. The topological polar surface area (TPSA) is 38.0 Å².